The van der Waals surface area contributed by atoms with Crippen molar-refractivity contribution in [3.05, 3.63) is 58.1 Å². The fraction of sp³-hybridized carbons (Fsp3) is 0.333. The lowest BCUT2D eigenvalue weighted by molar-refractivity contribution is 0.550. The second-order valence-corrected chi connectivity index (χ2v) is 7.64. The van der Waals surface area contributed by atoms with Gasteiger partial charge in [0.15, 0.2) is 0 Å². The van der Waals surface area contributed by atoms with Gasteiger partial charge < -0.3 is 5.32 Å². The maximum atomic E-state index is 3.58. The van der Waals surface area contributed by atoms with E-state index in [1.807, 2.05) is 11.8 Å². The number of benzene rings is 2. The molecular weight excluding hydrogens is 342 g/mol. The van der Waals surface area contributed by atoms with Crippen molar-refractivity contribution in [2.45, 2.75) is 37.1 Å². The van der Waals surface area contributed by atoms with Crippen LogP contribution >= 0.6 is 27.7 Å². The molecule has 0 saturated heterocycles. The quantitative estimate of drug-likeness (QED) is 0.710. The Balaban J connectivity index is 2.16. The summed E-state index contributed by atoms with van der Waals surface area (Å²) < 4.78 is 1.14. The Morgan fingerprint density at radius 1 is 1.10 bits per heavy atom. The predicted molar refractivity (Wildman–Crippen MR) is 96.0 cm³/mol. The van der Waals surface area contributed by atoms with Gasteiger partial charge in [0.2, 0.25) is 0 Å². The number of nitrogens with one attached hydrogen (secondary N) is 1. The zero-order valence-electron chi connectivity index (χ0n) is 12.8. The highest BCUT2D eigenvalue weighted by Gasteiger charge is 2.07. The first-order chi connectivity index (χ1) is 10.1. The van der Waals surface area contributed by atoms with E-state index in [1.165, 1.54) is 20.9 Å². The molecule has 0 radical (unpaired) electrons. The maximum Gasteiger partial charge on any atom is 0.0217 e. The highest BCUT2D eigenvalue weighted by Crippen LogP contribution is 2.33. The van der Waals surface area contributed by atoms with Crippen molar-refractivity contribution in [1.82, 2.24) is 5.32 Å². The molecule has 0 aliphatic heterocycles. The van der Waals surface area contributed by atoms with Crippen molar-refractivity contribution in [3.63, 3.8) is 0 Å². The van der Waals surface area contributed by atoms with Crippen LogP contribution in [0.1, 0.15) is 25.0 Å². The van der Waals surface area contributed by atoms with E-state index in [0.717, 1.165) is 17.6 Å². The van der Waals surface area contributed by atoms with Gasteiger partial charge in [0.1, 0.15) is 0 Å². The van der Waals surface area contributed by atoms with Crippen molar-refractivity contribution < 1.29 is 0 Å². The van der Waals surface area contributed by atoms with Crippen LogP contribution < -0.4 is 5.32 Å². The lowest BCUT2D eigenvalue weighted by Gasteiger charge is -2.13. The molecule has 0 aliphatic rings. The summed E-state index contributed by atoms with van der Waals surface area (Å²) in [5.41, 5.74) is 2.67. The Morgan fingerprint density at radius 3 is 2.57 bits per heavy atom. The van der Waals surface area contributed by atoms with Gasteiger partial charge in [0.25, 0.3) is 0 Å². The summed E-state index contributed by atoms with van der Waals surface area (Å²) >= 11 is 5.43. The zero-order chi connectivity index (χ0) is 15.2. The normalized spacial score (nSPS) is 11.1. The van der Waals surface area contributed by atoms with Crippen molar-refractivity contribution >= 4 is 27.7 Å². The minimum Gasteiger partial charge on any atom is -0.312 e. The SMILES string of the molecule is Cc1ccccc1Sc1ccc(Br)cc1CNCC(C)C. The zero-order valence-corrected chi connectivity index (χ0v) is 15.2. The van der Waals surface area contributed by atoms with Gasteiger partial charge in [0, 0.05) is 20.8 Å². The molecule has 0 fully saturated rings. The Bertz CT molecular complexity index is 596. The van der Waals surface area contributed by atoms with Crippen molar-refractivity contribution in [3.8, 4) is 0 Å². The number of halogens is 1. The topological polar surface area (TPSA) is 12.0 Å². The van der Waals surface area contributed by atoms with Crippen LogP contribution in [0.15, 0.2) is 56.7 Å². The fourth-order valence-corrected chi connectivity index (χ4v) is 3.49. The molecule has 0 spiro atoms. The molecule has 21 heavy (non-hydrogen) atoms. The third-order valence-electron chi connectivity index (χ3n) is 3.20. The van der Waals surface area contributed by atoms with Crippen LogP contribution in [-0.2, 0) is 6.54 Å². The second-order valence-electron chi connectivity index (χ2n) is 5.64. The summed E-state index contributed by atoms with van der Waals surface area (Å²) in [5.74, 6) is 0.671. The molecule has 0 unspecified atom stereocenters. The molecule has 0 aromatic heterocycles. The molecule has 0 amide bonds. The van der Waals surface area contributed by atoms with E-state index in [0.29, 0.717) is 5.92 Å². The number of rotatable bonds is 6. The molecule has 112 valence electrons. The van der Waals surface area contributed by atoms with Gasteiger partial charge in [-0.15, -0.1) is 0 Å². The van der Waals surface area contributed by atoms with Gasteiger partial charge >= 0.3 is 0 Å². The van der Waals surface area contributed by atoms with E-state index in [2.05, 4.69) is 84.5 Å². The van der Waals surface area contributed by atoms with Crippen LogP contribution in [0.2, 0.25) is 0 Å². The average Bonchev–Trinajstić information content (AvgIpc) is 2.43. The molecule has 2 aromatic carbocycles. The molecule has 2 aromatic rings. The van der Waals surface area contributed by atoms with Crippen LogP contribution in [0.3, 0.4) is 0 Å². The molecule has 0 atom stereocenters. The Labute approximate surface area is 140 Å². The molecule has 2 rings (SSSR count). The van der Waals surface area contributed by atoms with E-state index in [4.69, 9.17) is 0 Å². The summed E-state index contributed by atoms with van der Waals surface area (Å²) in [6, 6.07) is 15.1. The van der Waals surface area contributed by atoms with E-state index in [9.17, 15) is 0 Å². The number of hydrogen-bond acceptors (Lipinski definition) is 2. The Morgan fingerprint density at radius 2 is 1.86 bits per heavy atom. The van der Waals surface area contributed by atoms with Crippen LogP contribution in [0.4, 0.5) is 0 Å². The predicted octanol–water partition coefficient (Wildman–Crippen LogP) is 5.65. The molecule has 3 heteroatoms. The summed E-state index contributed by atoms with van der Waals surface area (Å²) in [4.78, 5) is 2.65. The molecule has 0 heterocycles. The van der Waals surface area contributed by atoms with Crippen LogP contribution in [0, 0.1) is 12.8 Å². The Kier molecular flexibility index (Phi) is 6.34. The third-order valence-corrected chi connectivity index (χ3v) is 4.99. The maximum absolute atomic E-state index is 3.58. The van der Waals surface area contributed by atoms with Gasteiger partial charge in [-0.25, -0.2) is 0 Å². The van der Waals surface area contributed by atoms with E-state index < -0.39 is 0 Å². The molecule has 0 bridgehead atoms. The van der Waals surface area contributed by atoms with Crippen LogP contribution in [0.25, 0.3) is 0 Å². The first-order valence-corrected chi connectivity index (χ1v) is 8.90. The Hall–Kier alpha value is -0.770. The van der Waals surface area contributed by atoms with Crippen LogP contribution in [-0.4, -0.2) is 6.54 Å². The minimum atomic E-state index is 0.671. The number of aryl methyl sites for hydroxylation is 1. The lowest BCUT2D eigenvalue weighted by atomic mass is 10.2. The minimum absolute atomic E-state index is 0.671. The summed E-state index contributed by atoms with van der Waals surface area (Å²) in [6.07, 6.45) is 0. The molecule has 0 aliphatic carbocycles. The molecule has 0 saturated carbocycles. The van der Waals surface area contributed by atoms with Gasteiger partial charge in [-0.1, -0.05) is 59.7 Å². The standard InChI is InChI=1S/C18H22BrNS/c1-13(2)11-20-12-15-10-16(19)8-9-18(15)21-17-7-5-4-6-14(17)3/h4-10,13,20H,11-12H2,1-3H3. The van der Waals surface area contributed by atoms with Crippen molar-refractivity contribution in [2.24, 2.45) is 5.92 Å². The molecular formula is C18H22BrNS. The van der Waals surface area contributed by atoms with E-state index in [1.54, 1.807) is 0 Å². The second kappa shape index (κ2) is 8.02. The monoisotopic (exact) mass is 363 g/mol. The first-order valence-electron chi connectivity index (χ1n) is 7.29. The molecule has 1 N–H and O–H groups in total. The highest BCUT2D eigenvalue weighted by atomic mass is 79.9. The van der Waals surface area contributed by atoms with Crippen LogP contribution in [0.5, 0.6) is 0 Å². The van der Waals surface area contributed by atoms with Gasteiger partial charge in [-0.05, 0) is 54.8 Å². The fourth-order valence-electron chi connectivity index (χ4n) is 2.07. The molecule has 1 nitrogen and oxygen atoms in total. The largest absolute Gasteiger partial charge is 0.312 e. The van der Waals surface area contributed by atoms with Gasteiger partial charge in [-0.3, -0.25) is 0 Å². The summed E-state index contributed by atoms with van der Waals surface area (Å²) in [7, 11) is 0. The first kappa shape index (κ1) is 16.6. The van der Waals surface area contributed by atoms with Crippen molar-refractivity contribution in [2.75, 3.05) is 6.54 Å². The van der Waals surface area contributed by atoms with E-state index in [-0.39, 0.29) is 0 Å². The average molecular weight is 364 g/mol. The summed E-state index contributed by atoms with van der Waals surface area (Å²) in [6.45, 7) is 8.58. The third kappa shape index (κ3) is 5.17. The lowest BCUT2D eigenvalue weighted by Crippen LogP contribution is -2.19. The smallest absolute Gasteiger partial charge is 0.0217 e. The van der Waals surface area contributed by atoms with Gasteiger partial charge in [0.05, 0.1) is 0 Å². The van der Waals surface area contributed by atoms with Gasteiger partial charge in [-0.2, -0.15) is 0 Å². The van der Waals surface area contributed by atoms with Crippen molar-refractivity contribution in [1.29, 1.82) is 0 Å². The van der Waals surface area contributed by atoms with E-state index >= 15 is 0 Å². The highest BCUT2D eigenvalue weighted by molar-refractivity contribution is 9.10. The summed E-state index contributed by atoms with van der Waals surface area (Å²) in [5, 5.41) is 3.53. The number of hydrogen-bond donors (Lipinski definition) is 1.